The van der Waals surface area contributed by atoms with Gasteiger partial charge in [0.25, 0.3) is 0 Å². The zero-order chi connectivity index (χ0) is 31.8. The molecule has 236 valence electrons. The van der Waals surface area contributed by atoms with Crippen LogP contribution in [-0.2, 0) is 34.0 Å². The van der Waals surface area contributed by atoms with Crippen molar-refractivity contribution in [3.63, 3.8) is 0 Å². The van der Waals surface area contributed by atoms with Crippen LogP contribution in [0.25, 0.3) is 0 Å². The van der Waals surface area contributed by atoms with Crippen molar-refractivity contribution in [1.29, 1.82) is 0 Å². The van der Waals surface area contributed by atoms with Gasteiger partial charge >= 0.3 is 11.9 Å². The van der Waals surface area contributed by atoms with Crippen molar-refractivity contribution in [2.75, 3.05) is 52.9 Å². The van der Waals surface area contributed by atoms with E-state index in [1.165, 1.54) is 12.2 Å². The standard InChI is InChI=1S/C31H36Br4O8/c1-5-7-27(36)40-13-9-38-11-15-42-29-23(32)17-21(18-24(29)33)31(3,4)22-19-25(34)30(26(35)20-22)43-16-12-39-10-14-41-28(37)8-6-2/h5-8,17-20H,9-16H2,1-4H3. The fraction of sp³-hybridized carbons (Fsp3) is 0.419. The Morgan fingerprint density at radius 3 is 1.26 bits per heavy atom. The SMILES string of the molecule is CC=CC(=O)OCCOCCOc1c(Br)cc(C(C)(C)c2cc(Br)c(OCCOCCOC(=O)C=CC)c(Br)c2)cc1Br. The molecule has 0 aromatic heterocycles. The largest absolute Gasteiger partial charge is 0.489 e. The number of allylic oxidation sites excluding steroid dienone is 2. The van der Waals surface area contributed by atoms with Gasteiger partial charge in [0.1, 0.15) is 37.9 Å². The quantitative estimate of drug-likeness (QED) is 0.0846. The number of carbonyl (C=O) groups excluding carboxylic acids is 2. The van der Waals surface area contributed by atoms with Gasteiger partial charge in [-0.25, -0.2) is 9.59 Å². The number of esters is 2. The van der Waals surface area contributed by atoms with Crippen LogP contribution in [-0.4, -0.2) is 64.8 Å². The molecule has 2 aromatic rings. The van der Waals surface area contributed by atoms with Crippen LogP contribution in [0.1, 0.15) is 38.8 Å². The smallest absolute Gasteiger partial charge is 0.330 e. The molecule has 0 saturated heterocycles. The first-order valence-electron chi connectivity index (χ1n) is 13.5. The second-order valence-corrected chi connectivity index (χ2v) is 12.8. The van der Waals surface area contributed by atoms with Gasteiger partial charge in [-0.1, -0.05) is 26.0 Å². The Balaban J connectivity index is 1.93. The van der Waals surface area contributed by atoms with E-state index in [2.05, 4.69) is 77.6 Å². The third kappa shape index (κ3) is 12.7. The predicted molar refractivity (Wildman–Crippen MR) is 180 cm³/mol. The maximum Gasteiger partial charge on any atom is 0.330 e. The molecule has 0 aliphatic carbocycles. The lowest BCUT2D eigenvalue weighted by atomic mass is 9.78. The van der Waals surface area contributed by atoms with E-state index in [0.717, 1.165) is 29.0 Å². The molecule has 0 unspecified atom stereocenters. The Morgan fingerprint density at radius 2 is 0.930 bits per heavy atom. The summed E-state index contributed by atoms with van der Waals surface area (Å²) in [5.74, 6) is 0.573. The van der Waals surface area contributed by atoms with Crippen LogP contribution in [0.5, 0.6) is 11.5 Å². The molecule has 0 bridgehead atoms. The highest BCUT2D eigenvalue weighted by Crippen LogP contribution is 2.44. The highest BCUT2D eigenvalue weighted by Gasteiger charge is 2.27. The highest BCUT2D eigenvalue weighted by molar-refractivity contribution is 9.11. The lowest BCUT2D eigenvalue weighted by molar-refractivity contribution is -0.140. The van der Waals surface area contributed by atoms with Gasteiger partial charge in [0, 0.05) is 17.6 Å². The van der Waals surface area contributed by atoms with E-state index < -0.39 is 0 Å². The van der Waals surface area contributed by atoms with Gasteiger partial charge in [-0.3, -0.25) is 0 Å². The first kappa shape index (κ1) is 37.5. The van der Waals surface area contributed by atoms with Gasteiger partial charge in [-0.05, 0) is 113 Å². The van der Waals surface area contributed by atoms with Crippen molar-refractivity contribution in [3.05, 3.63) is 77.6 Å². The summed E-state index contributed by atoms with van der Waals surface area (Å²) in [5.41, 5.74) is 1.76. The summed E-state index contributed by atoms with van der Waals surface area (Å²) in [7, 11) is 0. The highest BCUT2D eigenvalue weighted by atomic mass is 79.9. The molecule has 0 heterocycles. The Labute approximate surface area is 287 Å². The monoisotopic (exact) mass is 852 g/mol. The van der Waals surface area contributed by atoms with Crippen molar-refractivity contribution in [2.24, 2.45) is 0 Å². The Hall–Kier alpha value is -1.70. The molecule has 2 rings (SSSR count). The summed E-state index contributed by atoms with van der Waals surface area (Å²) in [6.45, 7) is 10.1. The van der Waals surface area contributed by atoms with Crippen LogP contribution in [0, 0.1) is 0 Å². The molecule has 0 radical (unpaired) electrons. The van der Waals surface area contributed by atoms with Crippen LogP contribution in [0.3, 0.4) is 0 Å². The minimum absolute atomic E-state index is 0.186. The molecule has 43 heavy (non-hydrogen) atoms. The zero-order valence-corrected chi connectivity index (χ0v) is 30.9. The Kier molecular flexibility index (Phi) is 17.1. The van der Waals surface area contributed by atoms with Crippen molar-refractivity contribution >= 4 is 75.7 Å². The molecule has 0 fully saturated rings. The molecule has 12 heteroatoms. The fourth-order valence-electron chi connectivity index (χ4n) is 3.66. The molecule has 0 spiro atoms. The molecule has 0 aliphatic rings. The molecule has 8 nitrogen and oxygen atoms in total. The van der Waals surface area contributed by atoms with E-state index in [4.69, 9.17) is 28.4 Å². The van der Waals surface area contributed by atoms with Crippen LogP contribution in [0.15, 0.2) is 66.5 Å². The third-order valence-electron chi connectivity index (χ3n) is 5.94. The summed E-state index contributed by atoms with van der Waals surface area (Å²) in [6, 6.07) is 8.17. The normalized spacial score (nSPS) is 11.7. The molecule has 0 amide bonds. The van der Waals surface area contributed by atoms with Gasteiger partial charge < -0.3 is 28.4 Å². The van der Waals surface area contributed by atoms with Crippen LogP contribution < -0.4 is 9.47 Å². The maximum absolute atomic E-state index is 11.3. The maximum atomic E-state index is 11.3. The van der Waals surface area contributed by atoms with Crippen LogP contribution in [0.4, 0.5) is 0 Å². The summed E-state index contributed by atoms with van der Waals surface area (Å²) in [5, 5.41) is 0. The van der Waals surface area contributed by atoms with Gasteiger partial charge in [0.05, 0.1) is 44.3 Å². The summed E-state index contributed by atoms with van der Waals surface area (Å²) < 4.78 is 36.1. The molecular formula is C31H36Br4O8. The molecule has 0 N–H and O–H groups in total. The van der Waals surface area contributed by atoms with Crippen LogP contribution in [0.2, 0.25) is 0 Å². The minimum atomic E-state index is -0.387. The Morgan fingerprint density at radius 1 is 0.605 bits per heavy atom. The first-order valence-corrected chi connectivity index (χ1v) is 16.7. The topological polar surface area (TPSA) is 89.5 Å². The minimum Gasteiger partial charge on any atom is -0.489 e. The number of ether oxygens (including phenoxy) is 6. The molecule has 0 atom stereocenters. The molecule has 0 aliphatic heterocycles. The van der Waals surface area contributed by atoms with Gasteiger partial charge in [-0.2, -0.15) is 0 Å². The van der Waals surface area contributed by atoms with E-state index in [1.54, 1.807) is 26.0 Å². The van der Waals surface area contributed by atoms with E-state index in [9.17, 15) is 9.59 Å². The molecular weight excluding hydrogens is 820 g/mol. The lowest BCUT2D eigenvalue weighted by Crippen LogP contribution is -2.20. The first-order chi connectivity index (χ1) is 20.5. The van der Waals surface area contributed by atoms with E-state index in [0.29, 0.717) is 51.1 Å². The van der Waals surface area contributed by atoms with Crippen molar-refractivity contribution in [2.45, 2.75) is 33.1 Å². The second kappa shape index (κ2) is 19.6. The summed E-state index contributed by atoms with van der Waals surface area (Å²) in [6.07, 6.45) is 5.98. The van der Waals surface area contributed by atoms with Crippen molar-refractivity contribution < 1.29 is 38.0 Å². The van der Waals surface area contributed by atoms with Gasteiger partial charge in [-0.15, -0.1) is 0 Å². The third-order valence-corrected chi connectivity index (χ3v) is 8.29. The lowest BCUT2D eigenvalue weighted by Gasteiger charge is -2.28. The van der Waals surface area contributed by atoms with Gasteiger partial charge in [0.15, 0.2) is 0 Å². The summed E-state index contributed by atoms with van der Waals surface area (Å²) in [4.78, 5) is 22.6. The summed E-state index contributed by atoms with van der Waals surface area (Å²) >= 11 is 14.6. The molecule has 0 saturated carbocycles. The number of benzene rings is 2. The van der Waals surface area contributed by atoms with Crippen molar-refractivity contribution in [1.82, 2.24) is 0 Å². The molecule has 2 aromatic carbocycles. The van der Waals surface area contributed by atoms with E-state index in [1.807, 2.05) is 24.3 Å². The van der Waals surface area contributed by atoms with Crippen LogP contribution >= 0.6 is 63.7 Å². The number of carbonyl (C=O) groups is 2. The van der Waals surface area contributed by atoms with E-state index >= 15 is 0 Å². The average molecular weight is 856 g/mol. The van der Waals surface area contributed by atoms with Gasteiger partial charge in [0.2, 0.25) is 0 Å². The Bertz CT molecular complexity index is 1130. The number of hydrogen-bond acceptors (Lipinski definition) is 8. The fourth-order valence-corrected chi connectivity index (χ4v) is 6.49. The van der Waals surface area contributed by atoms with Crippen molar-refractivity contribution in [3.8, 4) is 11.5 Å². The average Bonchev–Trinajstić information content (AvgIpc) is 2.94. The van der Waals surface area contributed by atoms with E-state index in [-0.39, 0.29) is 30.6 Å². The zero-order valence-electron chi connectivity index (χ0n) is 24.6. The second-order valence-electron chi connectivity index (χ2n) is 9.42. The number of rotatable bonds is 18. The number of hydrogen-bond donors (Lipinski definition) is 0. The predicted octanol–water partition coefficient (Wildman–Crippen LogP) is 8.09. The number of halogens is 4.